The van der Waals surface area contributed by atoms with Crippen LogP contribution in [0.25, 0.3) is 15.9 Å². The summed E-state index contributed by atoms with van der Waals surface area (Å²) in [6.45, 7) is 0. The molecule has 7 heteroatoms. The van der Waals surface area contributed by atoms with Gasteiger partial charge in [-0.15, -0.1) is 11.3 Å². The van der Waals surface area contributed by atoms with Gasteiger partial charge < -0.3 is 4.98 Å². The van der Waals surface area contributed by atoms with Crippen LogP contribution in [0.15, 0.2) is 34.4 Å². The van der Waals surface area contributed by atoms with Gasteiger partial charge in [-0.3, -0.25) is 4.79 Å². The highest BCUT2D eigenvalue weighted by molar-refractivity contribution is 7.71. The Morgan fingerprint density at radius 3 is 2.90 bits per heavy atom. The number of nitriles is 1. The van der Waals surface area contributed by atoms with Crippen molar-refractivity contribution in [3.8, 4) is 11.8 Å². The van der Waals surface area contributed by atoms with E-state index in [-0.39, 0.29) is 21.6 Å². The van der Waals surface area contributed by atoms with E-state index in [9.17, 15) is 9.18 Å². The van der Waals surface area contributed by atoms with Crippen molar-refractivity contribution in [2.24, 2.45) is 0 Å². The molecule has 98 valence electrons. The lowest BCUT2D eigenvalue weighted by Gasteiger charge is -2.07. The third-order valence-corrected chi connectivity index (χ3v) is 4.01. The van der Waals surface area contributed by atoms with E-state index in [4.69, 9.17) is 17.5 Å². The van der Waals surface area contributed by atoms with Crippen LogP contribution in [-0.4, -0.2) is 9.55 Å². The molecule has 2 heterocycles. The number of nitrogens with zero attached hydrogens (tertiary/aromatic N) is 2. The first kappa shape index (κ1) is 12.7. The fraction of sp³-hybridized carbons (Fsp3) is 0. The van der Waals surface area contributed by atoms with Gasteiger partial charge >= 0.3 is 0 Å². The molecule has 3 aromatic rings. The SMILES string of the molecule is N#Cc1ccc(-n2c(=S)[nH]c3ccsc3c2=O)c(F)c1. The minimum Gasteiger partial charge on any atom is -0.331 e. The number of rotatable bonds is 1. The average Bonchev–Trinajstić information content (AvgIpc) is 2.88. The lowest BCUT2D eigenvalue weighted by atomic mass is 10.2. The number of thiophene rings is 1. The monoisotopic (exact) mass is 303 g/mol. The molecule has 0 unspecified atom stereocenters. The molecule has 1 N–H and O–H groups in total. The van der Waals surface area contributed by atoms with Crippen LogP contribution in [0.2, 0.25) is 0 Å². The van der Waals surface area contributed by atoms with Crippen LogP contribution < -0.4 is 5.56 Å². The molecule has 3 rings (SSSR count). The second kappa shape index (κ2) is 4.67. The summed E-state index contributed by atoms with van der Waals surface area (Å²) >= 11 is 6.38. The number of halogens is 1. The zero-order valence-corrected chi connectivity index (χ0v) is 11.5. The van der Waals surface area contributed by atoms with E-state index in [1.807, 2.05) is 6.07 Å². The van der Waals surface area contributed by atoms with Gasteiger partial charge in [0, 0.05) is 0 Å². The van der Waals surface area contributed by atoms with E-state index in [0.717, 1.165) is 10.6 Å². The van der Waals surface area contributed by atoms with Gasteiger partial charge in [-0.2, -0.15) is 5.26 Å². The fourth-order valence-corrected chi connectivity index (χ4v) is 2.98. The van der Waals surface area contributed by atoms with Gasteiger partial charge in [0.05, 0.1) is 22.8 Å². The standard InChI is InChI=1S/C13H6FN3OS2/c14-8-5-7(6-15)1-2-10(8)17-12(18)11-9(3-4-20-11)16-13(17)19/h1-5H,(H,16,19). The van der Waals surface area contributed by atoms with Crippen molar-refractivity contribution >= 4 is 33.8 Å². The van der Waals surface area contributed by atoms with Crippen molar-refractivity contribution in [1.29, 1.82) is 5.26 Å². The van der Waals surface area contributed by atoms with Crippen LogP contribution in [0.5, 0.6) is 0 Å². The number of aromatic amines is 1. The maximum Gasteiger partial charge on any atom is 0.276 e. The van der Waals surface area contributed by atoms with Crippen molar-refractivity contribution in [2.45, 2.75) is 0 Å². The molecule has 0 radical (unpaired) electrons. The van der Waals surface area contributed by atoms with Gasteiger partial charge in [-0.25, -0.2) is 8.96 Å². The van der Waals surface area contributed by atoms with Gasteiger partial charge in [0.2, 0.25) is 0 Å². The Morgan fingerprint density at radius 2 is 2.20 bits per heavy atom. The van der Waals surface area contributed by atoms with Gasteiger partial charge in [0.1, 0.15) is 10.5 Å². The third kappa shape index (κ3) is 1.86. The summed E-state index contributed by atoms with van der Waals surface area (Å²) in [6.07, 6.45) is 0. The number of benzene rings is 1. The number of nitrogens with one attached hydrogen (secondary N) is 1. The number of H-pyrrole nitrogens is 1. The summed E-state index contributed by atoms with van der Waals surface area (Å²) in [5, 5.41) is 10.5. The Bertz CT molecular complexity index is 978. The van der Waals surface area contributed by atoms with Crippen LogP contribution in [0, 0.1) is 21.9 Å². The van der Waals surface area contributed by atoms with Crippen LogP contribution in [0.3, 0.4) is 0 Å². The predicted octanol–water partition coefficient (Wildman–Crippen LogP) is 3.12. The lowest BCUT2D eigenvalue weighted by molar-refractivity contribution is 0.614. The van der Waals surface area contributed by atoms with E-state index in [0.29, 0.717) is 10.2 Å². The molecule has 0 bridgehead atoms. The number of aromatic nitrogens is 2. The Labute approximate surface area is 121 Å². The minimum absolute atomic E-state index is 0.0329. The van der Waals surface area contributed by atoms with Crippen molar-refractivity contribution in [1.82, 2.24) is 9.55 Å². The first-order valence-corrected chi connectivity index (χ1v) is 6.83. The molecule has 20 heavy (non-hydrogen) atoms. The summed E-state index contributed by atoms with van der Waals surface area (Å²) in [6, 6.07) is 7.48. The number of fused-ring (bicyclic) bond motifs is 1. The molecule has 0 spiro atoms. The highest BCUT2D eigenvalue weighted by atomic mass is 32.1. The third-order valence-electron chi connectivity index (χ3n) is 2.82. The Kier molecular flexibility index (Phi) is 2.97. The van der Waals surface area contributed by atoms with Crippen molar-refractivity contribution in [3.05, 3.63) is 56.2 Å². The van der Waals surface area contributed by atoms with Crippen molar-refractivity contribution in [3.63, 3.8) is 0 Å². The Hall–Kier alpha value is -2.30. The lowest BCUT2D eigenvalue weighted by Crippen LogP contribution is -2.20. The Morgan fingerprint density at radius 1 is 1.40 bits per heavy atom. The number of hydrogen-bond acceptors (Lipinski definition) is 4. The molecule has 0 aliphatic rings. The summed E-state index contributed by atoms with van der Waals surface area (Å²) in [4.78, 5) is 15.3. The molecular weight excluding hydrogens is 297 g/mol. The molecule has 0 aliphatic heterocycles. The average molecular weight is 303 g/mol. The molecule has 0 saturated heterocycles. The second-order valence-electron chi connectivity index (χ2n) is 4.01. The van der Waals surface area contributed by atoms with E-state index < -0.39 is 5.82 Å². The fourth-order valence-electron chi connectivity index (χ4n) is 1.91. The van der Waals surface area contributed by atoms with Crippen LogP contribution >= 0.6 is 23.6 Å². The Balaban J connectivity index is 2.38. The largest absolute Gasteiger partial charge is 0.331 e. The smallest absolute Gasteiger partial charge is 0.276 e. The van der Waals surface area contributed by atoms with Gasteiger partial charge in [0.15, 0.2) is 4.77 Å². The van der Waals surface area contributed by atoms with Crippen LogP contribution in [0.1, 0.15) is 5.56 Å². The van der Waals surface area contributed by atoms with Crippen molar-refractivity contribution in [2.75, 3.05) is 0 Å². The molecule has 1 aromatic carbocycles. The van der Waals surface area contributed by atoms with Gasteiger partial charge in [0.25, 0.3) is 5.56 Å². The predicted molar refractivity (Wildman–Crippen MR) is 77.3 cm³/mol. The zero-order chi connectivity index (χ0) is 14.3. The van der Waals surface area contributed by atoms with E-state index >= 15 is 0 Å². The van der Waals surface area contributed by atoms with E-state index in [2.05, 4.69) is 4.98 Å². The molecule has 4 nitrogen and oxygen atoms in total. The van der Waals surface area contributed by atoms with Gasteiger partial charge in [-0.05, 0) is 41.9 Å². The van der Waals surface area contributed by atoms with Crippen molar-refractivity contribution < 1.29 is 4.39 Å². The van der Waals surface area contributed by atoms with E-state index in [1.54, 1.807) is 11.4 Å². The van der Waals surface area contributed by atoms with Crippen LogP contribution in [0.4, 0.5) is 4.39 Å². The van der Waals surface area contributed by atoms with E-state index in [1.165, 1.54) is 23.5 Å². The topological polar surface area (TPSA) is 61.6 Å². The molecule has 0 fully saturated rings. The van der Waals surface area contributed by atoms with Gasteiger partial charge in [-0.1, -0.05) is 0 Å². The summed E-state index contributed by atoms with van der Waals surface area (Å²) < 4.78 is 15.7. The summed E-state index contributed by atoms with van der Waals surface area (Å²) in [7, 11) is 0. The number of hydrogen-bond donors (Lipinski definition) is 1. The maximum absolute atomic E-state index is 14.0. The molecular formula is C13H6FN3OS2. The first-order chi connectivity index (χ1) is 9.61. The molecule has 0 aliphatic carbocycles. The molecule has 2 aromatic heterocycles. The first-order valence-electron chi connectivity index (χ1n) is 5.54. The van der Waals surface area contributed by atoms with Crippen LogP contribution in [-0.2, 0) is 0 Å². The minimum atomic E-state index is -0.665. The molecule has 0 atom stereocenters. The zero-order valence-electron chi connectivity index (χ0n) is 9.88. The highest BCUT2D eigenvalue weighted by Gasteiger charge is 2.12. The molecule has 0 saturated carbocycles. The normalized spacial score (nSPS) is 10.6. The molecule has 0 amide bonds. The summed E-state index contributed by atoms with van der Waals surface area (Å²) in [5.41, 5.74) is 0.481. The summed E-state index contributed by atoms with van der Waals surface area (Å²) in [5.74, 6) is -0.665. The second-order valence-corrected chi connectivity index (χ2v) is 5.31. The highest BCUT2D eigenvalue weighted by Crippen LogP contribution is 2.18. The quantitative estimate of drug-likeness (QED) is 0.703. The maximum atomic E-state index is 14.0.